The summed E-state index contributed by atoms with van der Waals surface area (Å²) in [5, 5.41) is 5.65. The molecule has 1 amide bonds. The van der Waals surface area contributed by atoms with Crippen molar-refractivity contribution >= 4 is 27.3 Å². The number of sulfonamides is 1. The molecule has 1 aliphatic carbocycles. The first-order valence-corrected chi connectivity index (χ1v) is 11.4. The van der Waals surface area contributed by atoms with Crippen molar-refractivity contribution in [3.05, 3.63) is 28.3 Å². The summed E-state index contributed by atoms with van der Waals surface area (Å²) in [4.78, 5) is 23.1. The Balaban J connectivity index is 1.62. The van der Waals surface area contributed by atoms with E-state index in [2.05, 4.69) is 19.8 Å². The number of fused-ring (bicyclic) bond motifs is 1. The van der Waals surface area contributed by atoms with Gasteiger partial charge in [-0.3, -0.25) is 4.79 Å². The second-order valence-electron chi connectivity index (χ2n) is 7.22. The first-order chi connectivity index (χ1) is 12.8. The number of thiazole rings is 1. The Morgan fingerprint density at radius 2 is 2.33 bits per heavy atom. The van der Waals surface area contributed by atoms with Crippen LogP contribution in [0.15, 0.2) is 15.4 Å². The van der Waals surface area contributed by atoms with Crippen molar-refractivity contribution in [3.8, 4) is 0 Å². The van der Waals surface area contributed by atoms with E-state index in [1.165, 1.54) is 11.3 Å². The highest BCUT2D eigenvalue weighted by atomic mass is 32.2. The zero-order chi connectivity index (χ0) is 19.2. The highest BCUT2D eigenvalue weighted by molar-refractivity contribution is 7.89. The molecule has 3 heterocycles. The standard InChI is InChI=1S/C16H21N5O4S2/c1-3-27(23,24)20-12-4-11-6-21(14(22)13-7-26-9-17-13)8-16(11,5-12)15-18-10(2)19-25-15/h7,9,11-12,20H,3-6,8H2,1-2H3/t11?,12-,16+/m1/s1. The van der Waals surface area contributed by atoms with Crippen molar-refractivity contribution in [3.63, 3.8) is 0 Å². The zero-order valence-electron chi connectivity index (χ0n) is 15.1. The summed E-state index contributed by atoms with van der Waals surface area (Å²) < 4.78 is 32.3. The van der Waals surface area contributed by atoms with Crippen molar-refractivity contribution in [1.82, 2.24) is 24.7 Å². The van der Waals surface area contributed by atoms with Crippen molar-refractivity contribution < 1.29 is 17.7 Å². The Labute approximate surface area is 161 Å². The van der Waals surface area contributed by atoms with E-state index in [1.54, 1.807) is 29.6 Å². The van der Waals surface area contributed by atoms with Gasteiger partial charge in [0.05, 0.1) is 16.7 Å². The van der Waals surface area contributed by atoms with E-state index in [1.807, 2.05) is 0 Å². The Bertz CT molecular complexity index is 942. The molecule has 1 aliphatic heterocycles. The summed E-state index contributed by atoms with van der Waals surface area (Å²) in [5.41, 5.74) is 1.53. The van der Waals surface area contributed by atoms with E-state index in [4.69, 9.17) is 4.52 Å². The topological polar surface area (TPSA) is 118 Å². The van der Waals surface area contributed by atoms with Crippen LogP contribution in [0.4, 0.5) is 0 Å². The van der Waals surface area contributed by atoms with Crippen LogP contribution in [0.5, 0.6) is 0 Å². The normalized spacial score (nSPS) is 27.9. The smallest absolute Gasteiger partial charge is 0.273 e. The molecule has 1 saturated carbocycles. The van der Waals surface area contributed by atoms with Crippen molar-refractivity contribution in [1.29, 1.82) is 0 Å². The third-order valence-electron chi connectivity index (χ3n) is 5.49. The lowest BCUT2D eigenvalue weighted by Gasteiger charge is -2.25. The third-order valence-corrected chi connectivity index (χ3v) is 7.53. The number of likely N-dealkylation sites (tertiary alicyclic amines) is 1. The Morgan fingerprint density at radius 1 is 1.52 bits per heavy atom. The molecule has 1 N–H and O–H groups in total. The van der Waals surface area contributed by atoms with E-state index in [0.717, 1.165) is 0 Å². The highest BCUT2D eigenvalue weighted by Crippen LogP contribution is 2.50. The fraction of sp³-hybridized carbons (Fsp3) is 0.625. The van der Waals surface area contributed by atoms with Crippen LogP contribution in [-0.4, -0.2) is 59.2 Å². The monoisotopic (exact) mass is 411 g/mol. The van der Waals surface area contributed by atoms with Crippen LogP contribution in [0, 0.1) is 12.8 Å². The molecule has 2 aromatic heterocycles. The number of hydrogen-bond acceptors (Lipinski definition) is 8. The van der Waals surface area contributed by atoms with Crippen LogP contribution in [0.25, 0.3) is 0 Å². The maximum atomic E-state index is 12.8. The second-order valence-corrected chi connectivity index (χ2v) is 9.98. The summed E-state index contributed by atoms with van der Waals surface area (Å²) in [6.45, 7) is 4.30. The molecule has 0 spiro atoms. The molecule has 11 heteroatoms. The highest BCUT2D eigenvalue weighted by Gasteiger charge is 2.58. The van der Waals surface area contributed by atoms with Crippen molar-refractivity contribution in [2.24, 2.45) is 5.92 Å². The first kappa shape index (κ1) is 18.5. The van der Waals surface area contributed by atoms with Gasteiger partial charge in [0.15, 0.2) is 5.82 Å². The second kappa shape index (κ2) is 6.64. The Hall–Kier alpha value is -1.85. The van der Waals surface area contributed by atoms with Gasteiger partial charge < -0.3 is 9.42 Å². The van der Waals surface area contributed by atoms with Gasteiger partial charge in [0.2, 0.25) is 15.9 Å². The van der Waals surface area contributed by atoms with Crippen LogP contribution < -0.4 is 4.72 Å². The molecule has 0 aromatic carbocycles. The Kier molecular flexibility index (Phi) is 4.55. The molecule has 4 rings (SSSR count). The van der Waals surface area contributed by atoms with Gasteiger partial charge in [-0.05, 0) is 32.6 Å². The number of carbonyl (C=O) groups is 1. The van der Waals surface area contributed by atoms with Crippen LogP contribution >= 0.6 is 11.3 Å². The lowest BCUT2D eigenvalue weighted by Crippen LogP contribution is -2.40. The Morgan fingerprint density at radius 3 is 2.96 bits per heavy atom. The van der Waals surface area contributed by atoms with Gasteiger partial charge in [0.1, 0.15) is 5.69 Å². The van der Waals surface area contributed by atoms with Crippen LogP contribution in [0.1, 0.15) is 42.0 Å². The molecule has 146 valence electrons. The number of rotatable bonds is 5. The average Bonchev–Trinajstić information content (AvgIpc) is 3.36. The predicted molar refractivity (Wildman–Crippen MR) is 97.8 cm³/mol. The average molecular weight is 412 g/mol. The minimum atomic E-state index is -3.31. The van der Waals surface area contributed by atoms with Gasteiger partial charge >= 0.3 is 0 Å². The molecule has 1 saturated heterocycles. The minimum Gasteiger partial charge on any atom is -0.339 e. The van der Waals surface area contributed by atoms with Crippen LogP contribution in [0.3, 0.4) is 0 Å². The van der Waals surface area contributed by atoms with Crippen molar-refractivity contribution in [2.45, 2.75) is 38.1 Å². The molecule has 2 aromatic rings. The number of aromatic nitrogens is 3. The van der Waals surface area contributed by atoms with Gasteiger partial charge in [0.25, 0.3) is 5.91 Å². The lowest BCUT2D eigenvalue weighted by atomic mass is 9.80. The number of nitrogens with zero attached hydrogens (tertiary/aromatic N) is 4. The summed E-state index contributed by atoms with van der Waals surface area (Å²) in [5.74, 6) is 0.975. The third kappa shape index (κ3) is 3.27. The quantitative estimate of drug-likeness (QED) is 0.778. The summed E-state index contributed by atoms with van der Waals surface area (Å²) in [6.07, 6.45) is 1.15. The maximum Gasteiger partial charge on any atom is 0.273 e. The minimum absolute atomic E-state index is 0.0370. The van der Waals surface area contributed by atoms with E-state index in [-0.39, 0.29) is 23.6 Å². The number of amides is 1. The molecule has 1 unspecified atom stereocenters. The van der Waals surface area contributed by atoms with Gasteiger partial charge in [-0.1, -0.05) is 5.16 Å². The van der Waals surface area contributed by atoms with Crippen LogP contribution in [-0.2, 0) is 15.4 Å². The van der Waals surface area contributed by atoms with Crippen molar-refractivity contribution in [2.75, 3.05) is 18.8 Å². The molecule has 3 atom stereocenters. The predicted octanol–water partition coefficient (Wildman–Crippen LogP) is 0.946. The molecular formula is C16H21N5O4S2. The fourth-order valence-electron chi connectivity index (χ4n) is 4.26. The molecule has 2 fully saturated rings. The number of hydrogen-bond donors (Lipinski definition) is 1. The fourth-order valence-corrected chi connectivity index (χ4v) is 5.64. The zero-order valence-corrected chi connectivity index (χ0v) is 16.7. The largest absolute Gasteiger partial charge is 0.339 e. The van der Waals surface area contributed by atoms with E-state index >= 15 is 0 Å². The van der Waals surface area contributed by atoms with Gasteiger partial charge in [0, 0.05) is 24.5 Å². The van der Waals surface area contributed by atoms with E-state index in [0.29, 0.717) is 43.3 Å². The van der Waals surface area contributed by atoms with E-state index in [9.17, 15) is 13.2 Å². The SMILES string of the molecule is CCS(=O)(=O)N[C@@H]1CC2CN(C(=O)c3cscn3)C[C@@]2(c2nc(C)no2)C1. The number of nitrogens with one attached hydrogen (secondary N) is 1. The molecule has 0 bridgehead atoms. The van der Waals surface area contributed by atoms with Gasteiger partial charge in [-0.25, -0.2) is 18.1 Å². The van der Waals surface area contributed by atoms with Gasteiger partial charge in [-0.15, -0.1) is 11.3 Å². The first-order valence-electron chi connectivity index (χ1n) is 8.81. The summed E-state index contributed by atoms with van der Waals surface area (Å²) in [7, 11) is -3.31. The van der Waals surface area contributed by atoms with Crippen LogP contribution in [0.2, 0.25) is 0 Å². The molecule has 2 aliphatic rings. The molecule has 27 heavy (non-hydrogen) atoms. The van der Waals surface area contributed by atoms with Gasteiger partial charge in [-0.2, -0.15) is 4.98 Å². The maximum absolute atomic E-state index is 12.8. The number of carbonyl (C=O) groups excluding carboxylic acids is 1. The summed E-state index contributed by atoms with van der Waals surface area (Å²) in [6, 6.07) is -0.205. The van der Waals surface area contributed by atoms with E-state index < -0.39 is 15.4 Å². The number of aryl methyl sites for hydroxylation is 1. The lowest BCUT2D eigenvalue weighted by molar-refractivity contribution is 0.0768. The molecular weight excluding hydrogens is 390 g/mol. The molecule has 0 radical (unpaired) electrons. The summed E-state index contributed by atoms with van der Waals surface area (Å²) >= 11 is 1.38. The molecule has 9 nitrogen and oxygen atoms in total.